The summed E-state index contributed by atoms with van der Waals surface area (Å²) in [6, 6.07) is 55.3. The highest BCUT2D eigenvalue weighted by molar-refractivity contribution is 7.01. The van der Waals surface area contributed by atoms with Crippen molar-refractivity contribution in [2.24, 2.45) is 0 Å². The van der Waals surface area contributed by atoms with E-state index in [4.69, 9.17) is 0 Å². The van der Waals surface area contributed by atoms with Crippen LogP contribution in [0.15, 0.2) is 339 Å². The van der Waals surface area contributed by atoms with Gasteiger partial charge in [0.2, 0.25) is 0 Å². The molecule has 16 aromatic carbocycles. The number of fused-ring (bicyclic) bond motifs is 12. The van der Waals surface area contributed by atoms with Crippen molar-refractivity contribution in [3.05, 3.63) is 356 Å². The molecule has 0 fully saturated rings. The lowest BCUT2D eigenvalue weighted by Crippen LogP contribution is -2.62. The number of benzene rings is 16. The van der Waals surface area contributed by atoms with Crippen LogP contribution < -0.4 is 26.2 Å². The van der Waals surface area contributed by atoms with E-state index in [1.54, 1.807) is 0 Å². The summed E-state index contributed by atoms with van der Waals surface area (Å²) >= 11 is 0. The molecule has 5 heteroatoms. The summed E-state index contributed by atoms with van der Waals surface area (Å²) in [4.78, 5) is 4.01. The Balaban J connectivity index is 1.11. The maximum absolute atomic E-state index is 12.2. The van der Waals surface area contributed by atoms with E-state index in [9.17, 15) is 28.8 Å². The summed E-state index contributed by atoms with van der Waals surface area (Å²) in [5, 5.41) is 1.93. The second kappa shape index (κ2) is 25.0. The molecule has 0 unspecified atom stereocenters. The molecule has 4 heterocycles. The molecule has 0 aliphatic carbocycles. The lowest BCUT2D eigenvalue weighted by atomic mass is 9.32. The minimum Gasteiger partial charge on any atom is -0.310 e. The summed E-state index contributed by atoms with van der Waals surface area (Å²) in [5.41, 5.74) is 5.71. The number of hydrogen-bond acceptors (Lipinski definition) is 2. The fraction of sp³-hybridized carbons (Fsp3) is 0.115. The van der Waals surface area contributed by atoms with E-state index >= 15 is 0 Å². The van der Waals surface area contributed by atoms with Crippen molar-refractivity contribution in [2.45, 2.75) is 78.6 Å². The van der Waals surface area contributed by atoms with Crippen molar-refractivity contribution in [1.82, 2.24) is 9.13 Å². The van der Waals surface area contributed by atoms with Gasteiger partial charge in [0.05, 0.1) is 62.2 Å². The van der Waals surface area contributed by atoms with Crippen molar-refractivity contribution in [3.8, 4) is 67.0 Å². The molecule has 0 spiro atoms. The molecule has 0 bridgehead atoms. The lowest BCUT2D eigenvalue weighted by molar-refractivity contribution is 0.590. The molecular formula is C104H83BN4. The Kier molecular flexibility index (Phi) is 10.8. The molecule has 2 aliphatic rings. The first kappa shape index (κ1) is 47.1. The molecule has 0 amide bonds. The predicted molar refractivity (Wildman–Crippen MR) is 467 cm³/mol. The monoisotopic (exact) mass is 1420 g/mol. The van der Waals surface area contributed by atoms with Gasteiger partial charge in [-0.05, 0) is 207 Å². The summed E-state index contributed by atoms with van der Waals surface area (Å²) in [6.45, 7) is 17.4. The molecule has 20 rings (SSSR count). The minimum absolute atomic E-state index is 0.0107. The lowest BCUT2D eigenvalue weighted by Gasteiger charge is -2.47. The molecule has 4 nitrogen and oxygen atoms in total. The van der Waals surface area contributed by atoms with Gasteiger partial charge in [-0.2, -0.15) is 0 Å². The maximum atomic E-state index is 12.2. The largest absolute Gasteiger partial charge is 0.310 e. The first-order valence-electron chi connectivity index (χ1n) is 47.4. The van der Waals surface area contributed by atoms with E-state index in [-0.39, 0.29) is 60.4 Å². The number of rotatable bonds is 9. The topological polar surface area (TPSA) is 16.3 Å². The van der Waals surface area contributed by atoms with Gasteiger partial charge in [0.25, 0.3) is 6.71 Å². The van der Waals surface area contributed by atoms with Crippen LogP contribution in [0.3, 0.4) is 0 Å². The summed E-state index contributed by atoms with van der Waals surface area (Å²) in [5.74, 6) is 0. The third-order valence-electron chi connectivity index (χ3n) is 21.9. The van der Waals surface area contributed by atoms with Crippen LogP contribution in [0, 0.1) is 0 Å². The van der Waals surface area contributed by atoms with Crippen LogP contribution >= 0.6 is 0 Å². The van der Waals surface area contributed by atoms with Crippen LogP contribution in [0.1, 0.15) is 108 Å². The molecular weight excluding hydrogens is 1320 g/mol. The van der Waals surface area contributed by atoms with E-state index in [2.05, 4.69) is 98.7 Å². The van der Waals surface area contributed by atoms with Gasteiger partial charge in [0, 0.05) is 77.9 Å². The van der Waals surface area contributed by atoms with E-state index in [1.807, 2.05) is 186 Å². The fourth-order valence-electron chi connectivity index (χ4n) is 16.4. The minimum atomic E-state index is -1.57. The first-order valence-corrected chi connectivity index (χ1v) is 36.9. The van der Waals surface area contributed by atoms with Gasteiger partial charge in [-0.15, -0.1) is 0 Å². The third kappa shape index (κ3) is 10.7. The van der Waals surface area contributed by atoms with Crippen LogP contribution in [-0.2, 0) is 16.2 Å². The van der Waals surface area contributed by atoms with Crippen LogP contribution in [0.2, 0.25) is 0 Å². The zero-order valence-electron chi connectivity index (χ0n) is 82.6. The summed E-state index contributed by atoms with van der Waals surface area (Å²) in [6.07, 6.45) is 0. The van der Waals surface area contributed by atoms with Gasteiger partial charge in [-0.1, -0.05) is 299 Å². The van der Waals surface area contributed by atoms with Crippen LogP contribution in [-0.4, -0.2) is 15.8 Å². The molecule has 0 atom stereocenters. The van der Waals surface area contributed by atoms with Crippen LogP contribution in [0.4, 0.5) is 34.1 Å². The van der Waals surface area contributed by atoms with Crippen LogP contribution in [0.25, 0.3) is 132 Å². The highest BCUT2D eigenvalue weighted by Crippen LogP contribution is 2.57. The van der Waals surface area contributed by atoms with Crippen LogP contribution in [0.5, 0.6) is 0 Å². The zero-order valence-corrected chi connectivity index (χ0v) is 61.6. The van der Waals surface area contributed by atoms with Gasteiger partial charge < -0.3 is 18.9 Å². The Labute approximate surface area is 668 Å². The Morgan fingerprint density at radius 1 is 0.275 bits per heavy atom. The van der Waals surface area contributed by atoms with E-state index in [1.165, 1.54) is 4.57 Å². The normalized spacial score (nSPS) is 15.6. The van der Waals surface area contributed by atoms with Crippen molar-refractivity contribution in [1.29, 1.82) is 0 Å². The highest BCUT2D eigenvalue weighted by atomic mass is 15.2. The Morgan fingerprint density at radius 2 is 0.633 bits per heavy atom. The Hall–Kier alpha value is -12.7. The molecule has 0 radical (unpaired) electrons. The number of anilines is 6. The highest BCUT2D eigenvalue weighted by Gasteiger charge is 2.48. The van der Waals surface area contributed by atoms with Gasteiger partial charge in [-0.25, -0.2) is 0 Å². The third-order valence-corrected chi connectivity index (χ3v) is 21.9. The summed E-state index contributed by atoms with van der Waals surface area (Å²) in [7, 11) is 0. The average Bonchev–Trinajstić information content (AvgIpc) is 0.960. The molecule has 522 valence electrons. The standard InChI is InChI=1S/C104H83BN4/c1-102(2,3)75-57-85(66-32-14-10-15-33-66)100(86(58-75)67-34-16-11-17-35-67)108-94-64-78(106-90-46-28-24-42-80(90)81-43-25-29-47-91(81)106)52-53-89(94)105-98-84(73-51-50-72-54-70-40-22-23-41-71(70)55-74(72)56-73)63-79(107-92-48-30-26-44-82(92)83-45-27-31-49-93(83)107)65-97(98)109(96-62-77(104(7,8)9)61-95(108)99(96)105)101-87(68-36-18-12-19-37-68)59-76(103(4,5)6)60-88(101)69-38-20-13-21-39-69/h10-65H,1-9H3/i24D,25D,26D,27D,28D,29D,30D,31D,42D,43D,44D,45D,46D,47D,48D,49D,52D,53D,63D,64D,65D. The molecule has 0 saturated heterocycles. The summed E-state index contributed by atoms with van der Waals surface area (Å²) < 4.78 is 217. The second-order valence-corrected chi connectivity index (χ2v) is 31.6. The quantitative estimate of drug-likeness (QED) is 0.106. The van der Waals surface area contributed by atoms with E-state index < -0.39 is 172 Å². The van der Waals surface area contributed by atoms with Gasteiger partial charge in [-0.3, -0.25) is 0 Å². The number of nitrogens with zero attached hydrogens (tertiary/aromatic N) is 4. The smallest absolute Gasteiger partial charge is 0.252 e. The molecule has 18 aromatic rings. The van der Waals surface area contributed by atoms with Crippen molar-refractivity contribution < 1.29 is 28.8 Å². The number of para-hydroxylation sites is 4. The van der Waals surface area contributed by atoms with E-state index in [0.29, 0.717) is 78.1 Å². The van der Waals surface area contributed by atoms with Gasteiger partial charge in [0.1, 0.15) is 0 Å². The van der Waals surface area contributed by atoms with Gasteiger partial charge >= 0.3 is 0 Å². The first-order chi connectivity index (χ1) is 61.7. The SMILES string of the molecule is [2H]c1c([2H])c(-n2c3c([2H])c([2H])c([2H])c([2H])c3c3c([2H])c([2H])c([2H])c([2H])c32)c([2H])c2c1B1c3c(cc(C(C)(C)C)cc3N(c3c(-c4ccccc4)cc(C(C)(C)C)cc3-c3ccccc3)c3c([2H])c(-n4c5c([2H])c([2H])c([2H])c([2H])c5c5c([2H])c([2H])c([2H])c([2H])c54)c([2H])c(-c4ccc5cc6ccccc6cc5c4)c31)N2c1c(-c2ccccc2)cc(C(C)(C)C)cc1-c1ccccc1. The second-order valence-electron chi connectivity index (χ2n) is 31.6. The molecule has 0 N–H and O–H groups in total. The maximum Gasteiger partial charge on any atom is 0.252 e. The average molecular weight is 1420 g/mol. The Bertz CT molecular complexity index is 7760. The van der Waals surface area contributed by atoms with Gasteiger partial charge in [0.15, 0.2) is 0 Å². The molecule has 109 heavy (non-hydrogen) atoms. The predicted octanol–water partition coefficient (Wildman–Crippen LogP) is 26.5. The molecule has 0 saturated carbocycles. The zero-order chi connectivity index (χ0) is 92.0. The van der Waals surface area contributed by atoms with Crippen molar-refractivity contribution in [2.75, 3.05) is 9.80 Å². The van der Waals surface area contributed by atoms with Crippen molar-refractivity contribution in [3.63, 3.8) is 0 Å². The molecule has 2 aromatic heterocycles. The fourth-order valence-corrected chi connectivity index (χ4v) is 16.4. The number of hydrogen-bond donors (Lipinski definition) is 0. The van der Waals surface area contributed by atoms with Crippen molar-refractivity contribution >= 4 is 122 Å². The Morgan fingerprint density at radius 3 is 1.06 bits per heavy atom. The number of aromatic nitrogens is 2. The molecule has 2 aliphatic heterocycles. The van der Waals surface area contributed by atoms with E-state index in [0.717, 1.165) is 43.0 Å².